The summed E-state index contributed by atoms with van der Waals surface area (Å²) in [4.78, 5) is 11.7. The zero-order valence-corrected chi connectivity index (χ0v) is 17.5. The fraction of sp³-hybridized carbons (Fsp3) is 0.778. The molecule has 3 aliphatic heterocycles. The molecule has 1 atom stereocenters. The molecule has 25 heavy (non-hydrogen) atoms. The normalized spacial score (nSPS) is 26.0. The number of rotatable bonds is 3. The molecule has 4 heterocycles. The third kappa shape index (κ3) is 4.13. The number of nitrogens with one attached hydrogen (secondary N) is 1. The molecule has 1 unspecified atom stereocenters. The van der Waals surface area contributed by atoms with Gasteiger partial charge in [-0.2, -0.15) is 0 Å². The molecule has 0 aromatic carbocycles. The quantitative estimate of drug-likeness (QED) is 0.427. The average molecular weight is 459 g/mol. The third-order valence-electron chi connectivity index (χ3n) is 5.76. The zero-order chi connectivity index (χ0) is 16.4. The van der Waals surface area contributed by atoms with Crippen molar-refractivity contribution in [3.63, 3.8) is 0 Å². The van der Waals surface area contributed by atoms with Gasteiger partial charge in [0.05, 0.1) is 12.3 Å². The minimum Gasteiger partial charge on any atom is -0.381 e. The Hall–Kier alpha value is -0.830. The fourth-order valence-corrected chi connectivity index (χ4v) is 4.31. The van der Waals surface area contributed by atoms with Crippen molar-refractivity contribution in [2.75, 3.05) is 39.9 Å². The molecule has 1 N–H and O–H groups in total. The molecule has 0 radical (unpaired) electrons. The molecule has 2 fully saturated rings. The Labute approximate surface area is 167 Å². The van der Waals surface area contributed by atoms with E-state index in [1.807, 2.05) is 7.05 Å². The Kier molecular flexibility index (Phi) is 6.25. The van der Waals surface area contributed by atoms with Crippen LogP contribution in [-0.2, 0) is 24.1 Å². The van der Waals surface area contributed by atoms with Gasteiger partial charge in [-0.05, 0) is 25.7 Å². The van der Waals surface area contributed by atoms with Gasteiger partial charge in [-0.3, -0.25) is 4.99 Å². The maximum Gasteiger partial charge on any atom is 0.193 e. The summed E-state index contributed by atoms with van der Waals surface area (Å²) in [6, 6.07) is 0. The number of imidazole rings is 1. The van der Waals surface area contributed by atoms with Crippen LogP contribution in [0.3, 0.4) is 0 Å². The van der Waals surface area contributed by atoms with Gasteiger partial charge in [0.25, 0.3) is 0 Å². The topological polar surface area (TPSA) is 54.7 Å². The van der Waals surface area contributed by atoms with Crippen molar-refractivity contribution in [1.29, 1.82) is 0 Å². The number of halogens is 1. The Morgan fingerprint density at radius 2 is 2.28 bits per heavy atom. The summed E-state index contributed by atoms with van der Waals surface area (Å²) in [6.07, 6.45) is 9.31. The molecule has 6 nitrogen and oxygen atoms in total. The lowest BCUT2D eigenvalue weighted by molar-refractivity contribution is 0.156. The van der Waals surface area contributed by atoms with Gasteiger partial charge in [-0.1, -0.05) is 0 Å². The van der Waals surface area contributed by atoms with Crippen LogP contribution in [-0.4, -0.2) is 60.3 Å². The molecule has 1 aromatic heterocycles. The highest BCUT2D eigenvalue weighted by molar-refractivity contribution is 14.0. The fourth-order valence-electron chi connectivity index (χ4n) is 4.31. The minimum absolute atomic E-state index is 0. The summed E-state index contributed by atoms with van der Waals surface area (Å²) in [7, 11) is 1.88. The summed E-state index contributed by atoms with van der Waals surface area (Å²) in [5.74, 6) is 2.30. The van der Waals surface area contributed by atoms with E-state index >= 15 is 0 Å². The Morgan fingerprint density at radius 3 is 3.04 bits per heavy atom. The van der Waals surface area contributed by atoms with Crippen LogP contribution in [0.5, 0.6) is 0 Å². The number of likely N-dealkylation sites (tertiary alicyclic amines) is 1. The maximum absolute atomic E-state index is 5.63. The summed E-state index contributed by atoms with van der Waals surface area (Å²) in [5.41, 5.74) is 1.58. The van der Waals surface area contributed by atoms with E-state index in [9.17, 15) is 0 Å². The molecule has 140 valence electrons. The number of nitrogens with zero attached hydrogens (tertiary/aromatic N) is 4. The van der Waals surface area contributed by atoms with Gasteiger partial charge < -0.3 is 19.5 Å². The Morgan fingerprint density at radius 1 is 1.36 bits per heavy atom. The predicted molar refractivity (Wildman–Crippen MR) is 110 cm³/mol. The molecule has 0 bridgehead atoms. The van der Waals surface area contributed by atoms with Crippen molar-refractivity contribution in [3.05, 3.63) is 17.7 Å². The molecular weight excluding hydrogens is 429 g/mol. The zero-order valence-electron chi connectivity index (χ0n) is 15.2. The van der Waals surface area contributed by atoms with E-state index in [1.54, 1.807) is 0 Å². The molecule has 3 aliphatic rings. The lowest BCUT2D eigenvalue weighted by Gasteiger charge is -2.24. The van der Waals surface area contributed by atoms with E-state index < -0.39 is 0 Å². The standard InChI is InChI=1S/C18H29N5O.HI/c1-19-17(23-10-6-18(13-23)7-11-24-14-18)20-8-5-15-12-22-9-3-2-4-16(22)21-15;/h12H,2-11,13-14H2,1H3,(H,19,20);1H. The predicted octanol–water partition coefficient (Wildman–Crippen LogP) is 2.07. The van der Waals surface area contributed by atoms with Gasteiger partial charge in [-0.15, -0.1) is 24.0 Å². The highest BCUT2D eigenvalue weighted by Crippen LogP contribution is 2.38. The Balaban J connectivity index is 0.00000182. The number of aromatic nitrogens is 2. The molecule has 2 saturated heterocycles. The summed E-state index contributed by atoms with van der Waals surface area (Å²) >= 11 is 0. The van der Waals surface area contributed by atoms with E-state index in [0.29, 0.717) is 5.41 Å². The summed E-state index contributed by atoms with van der Waals surface area (Å²) in [5, 5.41) is 3.53. The number of guanidine groups is 1. The van der Waals surface area contributed by atoms with Crippen LogP contribution in [0, 0.1) is 5.41 Å². The number of hydrogen-bond donors (Lipinski definition) is 1. The van der Waals surface area contributed by atoms with Crippen molar-refractivity contribution in [1.82, 2.24) is 19.8 Å². The van der Waals surface area contributed by atoms with Crippen LogP contribution in [0.25, 0.3) is 0 Å². The number of ether oxygens (including phenoxy) is 1. The van der Waals surface area contributed by atoms with E-state index in [1.165, 1.54) is 37.2 Å². The van der Waals surface area contributed by atoms with E-state index in [0.717, 1.165) is 58.2 Å². The molecule has 1 aromatic rings. The molecule has 4 rings (SSSR count). The number of hydrogen-bond acceptors (Lipinski definition) is 3. The first-order valence-electron chi connectivity index (χ1n) is 9.36. The monoisotopic (exact) mass is 459 g/mol. The van der Waals surface area contributed by atoms with Gasteiger partial charge in [0, 0.05) is 64.3 Å². The van der Waals surface area contributed by atoms with Gasteiger partial charge in [0.15, 0.2) is 5.96 Å². The van der Waals surface area contributed by atoms with Gasteiger partial charge in [0.2, 0.25) is 0 Å². The third-order valence-corrected chi connectivity index (χ3v) is 5.76. The minimum atomic E-state index is 0. The van der Waals surface area contributed by atoms with Crippen molar-refractivity contribution in [2.24, 2.45) is 10.4 Å². The van der Waals surface area contributed by atoms with Gasteiger partial charge in [-0.25, -0.2) is 4.98 Å². The Bertz CT molecular complexity index is 585. The highest BCUT2D eigenvalue weighted by atomic mass is 127. The highest BCUT2D eigenvalue weighted by Gasteiger charge is 2.42. The van der Waals surface area contributed by atoms with E-state index in [2.05, 4.69) is 26.0 Å². The smallest absolute Gasteiger partial charge is 0.193 e. The largest absolute Gasteiger partial charge is 0.381 e. The first-order valence-corrected chi connectivity index (χ1v) is 9.36. The number of fused-ring (bicyclic) bond motifs is 1. The van der Waals surface area contributed by atoms with Crippen LogP contribution in [0.1, 0.15) is 37.2 Å². The molecular formula is C18H30IN5O. The first-order chi connectivity index (χ1) is 11.8. The number of aliphatic imine (C=N–C) groups is 1. The van der Waals surface area contributed by atoms with Crippen LogP contribution in [0.15, 0.2) is 11.2 Å². The van der Waals surface area contributed by atoms with Crippen LogP contribution < -0.4 is 5.32 Å². The second kappa shape index (κ2) is 8.24. The van der Waals surface area contributed by atoms with Crippen LogP contribution in [0.4, 0.5) is 0 Å². The van der Waals surface area contributed by atoms with Gasteiger partial charge >= 0.3 is 0 Å². The SMILES string of the molecule is CN=C(NCCc1cn2c(n1)CCCC2)N1CCC2(CCOC2)C1.I. The molecule has 7 heteroatoms. The summed E-state index contributed by atoms with van der Waals surface area (Å²) in [6.45, 7) is 6.03. The van der Waals surface area contributed by atoms with E-state index in [4.69, 9.17) is 9.72 Å². The van der Waals surface area contributed by atoms with Crippen molar-refractivity contribution < 1.29 is 4.74 Å². The lowest BCUT2D eigenvalue weighted by atomic mass is 9.87. The first kappa shape index (κ1) is 18.9. The average Bonchev–Trinajstić information content (AvgIpc) is 3.32. The lowest BCUT2D eigenvalue weighted by Crippen LogP contribution is -2.42. The van der Waals surface area contributed by atoms with Crippen LogP contribution in [0.2, 0.25) is 0 Å². The van der Waals surface area contributed by atoms with Crippen molar-refractivity contribution >= 4 is 29.9 Å². The maximum atomic E-state index is 5.63. The van der Waals surface area contributed by atoms with Crippen molar-refractivity contribution in [2.45, 2.75) is 45.1 Å². The molecule has 0 amide bonds. The van der Waals surface area contributed by atoms with Gasteiger partial charge in [0.1, 0.15) is 5.82 Å². The molecule has 0 saturated carbocycles. The second-order valence-electron chi connectivity index (χ2n) is 7.50. The summed E-state index contributed by atoms with van der Waals surface area (Å²) < 4.78 is 7.96. The van der Waals surface area contributed by atoms with E-state index in [-0.39, 0.29) is 24.0 Å². The number of aryl methyl sites for hydroxylation is 2. The van der Waals surface area contributed by atoms with Crippen LogP contribution >= 0.6 is 24.0 Å². The second-order valence-corrected chi connectivity index (χ2v) is 7.50. The van der Waals surface area contributed by atoms with Crippen molar-refractivity contribution in [3.8, 4) is 0 Å². The molecule has 1 spiro atoms. The molecule has 0 aliphatic carbocycles.